The molecule has 1 aliphatic rings. The number of nitrogens with zero attached hydrogens (tertiary/aromatic N) is 1. The summed E-state index contributed by atoms with van der Waals surface area (Å²) in [7, 11) is 1.55. The summed E-state index contributed by atoms with van der Waals surface area (Å²) in [5, 5.41) is 3.21. The van der Waals surface area contributed by atoms with Gasteiger partial charge in [0.2, 0.25) is 0 Å². The van der Waals surface area contributed by atoms with E-state index in [1.54, 1.807) is 61.7 Å². The maximum Gasteiger partial charge on any atom is 0.270 e. The van der Waals surface area contributed by atoms with Crippen LogP contribution in [0.5, 0.6) is 11.5 Å². The topological polar surface area (TPSA) is 67.9 Å². The predicted octanol–water partition coefficient (Wildman–Crippen LogP) is 4.76. The SMILES string of the molecule is COc1ccc(/C=C2/C(=O)NC(=S)N(c3ccccc3)C2=O)c(OCc2cccc(Cl)c2)c1. The Morgan fingerprint density at radius 1 is 1.03 bits per heavy atom. The molecule has 6 nitrogen and oxygen atoms in total. The fourth-order valence-electron chi connectivity index (χ4n) is 3.30. The summed E-state index contributed by atoms with van der Waals surface area (Å²) in [6, 6.07) is 21.3. The van der Waals surface area contributed by atoms with E-state index in [2.05, 4.69) is 5.32 Å². The van der Waals surface area contributed by atoms with E-state index >= 15 is 0 Å². The number of benzene rings is 3. The number of rotatable bonds is 6. The lowest BCUT2D eigenvalue weighted by atomic mass is 10.1. The van der Waals surface area contributed by atoms with Gasteiger partial charge in [-0.15, -0.1) is 0 Å². The third-order valence-corrected chi connectivity index (χ3v) is 5.44. The van der Waals surface area contributed by atoms with Gasteiger partial charge in [-0.3, -0.25) is 19.8 Å². The van der Waals surface area contributed by atoms with Gasteiger partial charge in [0.05, 0.1) is 12.8 Å². The lowest BCUT2D eigenvalue weighted by Gasteiger charge is -2.29. The molecule has 0 atom stereocenters. The minimum Gasteiger partial charge on any atom is -0.497 e. The number of halogens is 1. The van der Waals surface area contributed by atoms with Crippen molar-refractivity contribution in [2.45, 2.75) is 6.61 Å². The van der Waals surface area contributed by atoms with Crippen LogP contribution in [0, 0.1) is 0 Å². The van der Waals surface area contributed by atoms with Crippen LogP contribution in [-0.4, -0.2) is 24.0 Å². The fourth-order valence-corrected chi connectivity index (χ4v) is 3.79. The van der Waals surface area contributed by atoms with E-state index in [-0.39, 0.29) is 17.3 Å². The third-order valence-electron chi connectivity index (χ3n) is 4.92. The molecule has 166 valence electrons. The van der Waals surface area contributed by atoms with Gasteiger partial charge in [0.15, 0.2) is 5.11 Å². The molecule has 1 fully saturated rings. The maximum absolute atomic E-state index is 13.2. The Balaban J connectivity index is 1.68. The maximum atomic E-state index is 13.2. The third kappa shape index (κ3) is 5.05. The van der Waals surface area contributed by atoms with Crippen LogP contribution >= 0.6 is 23.8 Å². The number of ether oxygens (including phenoxy) is 2. The first-order valence-electron chi connectivity index (χ1n) is 9.98. The highest BCUT2D eigenvalue weighted by atomic mass is 35.5. The lowest BCUT2D eigenvalue weighted by Crippen LogP contribution is -2.54. The first-order valence-corrected chi connectivity index (χ1v) is 10.8. The average Bonchev–Trinajstić information content (AvgIpc) is 2.81. The number of amides is 2. The zero-order valence-electron chi connectivity index (χ0n) is 17.6. The Morgan fingerprint density at radius 3 is 2.55 bits per heavy atom. The molecule has 1 aliphatic heterocycles. The van der Waals surface area contributed by atoms with Crippen molar-refractivity contribution in [1.29, 1.82) is 0 Å². The fraction of sp³-hybridized carbons (Fsp3) is 0.0800. The van der Waals surface area contributed by atoms with Gasteiger partial charge in [0, 0.05) is 16.7 Å². The van der Waals surface area contributed by atoms with Crippen molar-refractivity contribution in [3.63, 3.8) is 0 Å². The molecule has 0 saturated carbocycles. The summed E-state index contributed by atoms with van der Waals surface area (Å²) in [4.78, 5) is 27.2. The zero-order valence-corrected chi connectivity index (χ0v) is 19.2. The molecule has 8 heteroatoms. The van der Waals surface area contributed by atoms with Gasteiger partial charge in [-0.05, 0) is 60.3 Å². The Kier molecular flexibility index (Phi) is 6.72. The van der Waals surface area contributed by atoms with E-state index in [0.29, 0.717) is 27.8 Å². The largest absolute Gasteiger partial charge is 0.497 e. The second kappa shape index (κ2) is 9.85. The number of carbonyl (C=O) groups is 2. The Morgan fingerprint density at radius 2 is 1.82 bits per heavy atom. The minimum absolute atomic E-state index is 0.0283. The van der Waals surface area contributed by atoms with Crippen molar-refractivity contribution >= 4 is 52.5 Å². The molecule has 4 rings (SSSR count). The van der Waals surface area contributed by atoms with E-state index in [0.717, 1.165) is 5.56 Å². The molecule has 0 aliphatic carbocycles. The van der Waals surface area contributed by atoms with Crippen LogP contribution in [0.3, 0.4) is 0 Å². The molecule has 0 aromatic heterocycles. The number of hydrogen-bond donors (Lipinski definition) is 1. The van der Waals surface area contributed by atoms with Gasteiger partial charge < -0.3 is 9.47 Å². The van der Waals surface area contributed by atoms with Crippen LogP contribution in [0.2, 0.25) is 5.02 Å². The molecule has 0 unspecified atom stereocenters. The number of thiocarbonyl (C=S) groups is 1. The highest BCUT2D eigenvalue weighted by molar-refractivity contribution is 7.80. The van der Waals surface area contributed by atoms with E-state index < -0.39 is 11.8 Å². The molecule has 1 heterocycles. The molecule has 0 bridgehead atoms. The molecule has 0 spiro atoms. The van der Waals surface area contributed by atoms with Gasteiger partial charge in [0.1, 0.15) is 23.7 Å². The van der Waals surface area contributed by atoms with Gasteiger partial charge in [-0.1, -0.05) is 41.9 Å². The summed E-state index contributed by atoms with van der Waals surface area (Å²) >= 11 is 11.3. The molecular weight excluding hydrogens is 460 g/mol. The number of methoxy groups -OCH3 is 1. The first kappa shape index (κ1) is 22.5. The average molecular weight is 479 g/mol. The van der Waals surface area contributed by atoms with Gasteiger partial charge in [-0.25, -0.2) is 0 Å². The molecular formula is C25H19ClN2O4S. The summed E-state index contributed by atoms with van der Waals surface area (Å²) in [6.45, 7) is 0.240. The van der Waals surface area contributed by atoms with Crippen molar-refractivity contribution in [1.82, 2.24) is 5.32 Å². The van der Waals surface area contributed by atoms with Crippen molar-refractivity contribution in [2.75, 3.05) is 12.0 Å². The number of hydrogen-bond acceptors (Lipinski definition) is 5. The number of nitrogens with one attached hydrogen (secondary N) is 1. The van der Waals surface area contributed by atoms with Gasteiger partial charge in [-0.2, -0.15) is 0 Å². The minimum atomic E-state index is -0.575. The second-order valence-corrected chi connectivity index (χ2v) is 7.94. The quantitative estimate of drug-likeness (QED) is 0.314. The van der Waals surface area contributed by atoms with Crippen molar-refractivity contribution in [2.24, 2.45) is 0 Å². The van der Waals surface area contributed by atoms with Crippen LogP contribution in [-0.2, 0) is 16.2 Å². The van der Waals surface area contributed by atoms with Crippen LogP contribution < -0.4 is 19.7 Å². The Labute approximate surface area is 201 Å². The second-order valence-electron chi connectivity index (χ2n) is 7.12. The van der Waals surface area contributed by atoms with E-state index in [1.165, 1.54) is 11.0 Å². The summed E-state index contributed by atoms with van der Waals surface area (Å²) in [5.74, 6) is -0.0769. The van der Waals surface area contributed by atoms with Crippen molar-refractivity contribution in [3.05, 3.63) is 94.5 Å². The number of anilines is 1. The molecule has 2 amide bonds. The van der Waals surface area contributed by atoms with E-state index in [4.69, 9.17) is 33.3 Å². The molecule has 3 aromatic carbocycles. The summed E-state index contributed by atoms with van der Waals surface area (Å²) in [6.07, 6.45) is 1.49. The summed E-state index contributed by atoms with van der Waals surface area (Å²) in [5.41, 5.74) is 1.91. The Hall–Kier alpha value is -3.68. The molecule has 33 heavy (non-hydrogen) atoms. The Bertz CT molecular complexity index is 1260. The van der Waals surface area contributed by atoms with Crippen LogP contribution in [0.15, 0.2) is 78.4 Å². The van der Waals surface area contributed by atoms with E-state index in [9.17, 15) is 9.59 Å². The van der Waals surface area contributed by atoms with Crippen molar-refractivity contribution < 1.29 is 19.1 Å². The lowest BCUT2D eigenvalue weighted by molar-refractivity contribution is -0.122. The van der Waals surface area contributed by atoms with Gasteiger partial charge in [0.25, 0.3) is 11.8 Å². The van der Waals surface area contributed by atoms with Gasteiger partial charge >= 0.3 is 0 Å². The normalized spacial score (nSPS) is 14.9. The number of para-hydroxylation sites is 1. The monoisotopic (exact) mass is 478 g/mol. The van der Waals surface area contributed by atoms with Crippen LogP contribution in [0.1, 0.15) is 11.1 Å². The smallest absolute Gasteiger partial charge is 0.270 e. The molecule has 3 aromatic rings. The summed E-state index contributed by atoms with van der Waals surface area (Å²) < 4.78 is 11.3. The van der Waals surface area contributed by atoms with Crippen molar-refractivity contribution in [3.8, 4) is 11.5 Å². The molecule has 1 N–H and O–H groups in total. The molecule has 0 radical (unpaired) electrons. The standard InChI is InChI=1S/C25H19ClN2O4S/c1-31-20-11-10-17(22(14-20)32-15-16-6-5-7-18(26)12-16)13-21-23(29)27-25(33)28(24(21)30)19-8-3-2-4-9-19/h2-14H,15H2,1H3,(H,27,29,33)/b21-13-. The molecule has 1 saturated heterocycles. The van der Waals surface area contributed by atoms with Crippen LogP contribution in [0.4, 0.5) is 5.69 Å². The van der Waals surface area contributed by atoms with Crippen LogP contribution in [0.25, 0.3) is 6.08 Å². The first-order chi connectivity index (χ1) is 16.0. The number of carbonyl (C=O) groups excluding carboxylic acids is 2. The predicted molar refractivity (Wildman–Crippen MR) is 131 cm³/mol. The van der Waals surface area contributed by atoms with E-state index in [1.807, 2.05) is 18.2 Å². The highest BCUT2D eigenvalue weighted by Crippen LogP contribution is 2.29. The zero-order chi connectivity index (χ0) is 23.4. The highest BCUT2D eigenvalue weighted by Gasteiger charge is 2.34.